The van der Waals surface area contributed by atoms with Crippen molar-refractivity contribution >= 4 is 5.97 Å². The molecule has 2 heteroatoms. The average Bonchev–Trinajstić information content (AvgIpc) is 2.57. The Labute approximate surface area is 91.7 Å². The third-order valence-electron chi connectivity index (χ3n) is 4.21. The highest BCUT2D eigenvalue weighted by Crippen LogP contribution is 2.49. The Hall–Kier alpha value is -0.790. The van der Waals surface area contributed by atoms with E-state index < -0.39 is 0 Å². The van der Waals surface area contributed by atoms with Gasteiger partial charge in [0.15, 0.2) is 0 Å². The van der Waals surface area contributed by atoms with Crippen LogP contribution in [0.15, 0.2) is 12.7 Å². The molecule has 3 atom stereocenters. The van der Waals surface area contributed by atoms with E-state index in [0.29, 0.717) is 5.92 Å². The highest BCUT2D eigenvalue weighted by Gasteiger charge is 2.48. The summed E-state index contributed by atoms with van der Waals surface area (Å²) in [6.45, 7) is 5.56. The molecule has 0 spiro atoms. The number of esters is 1. The Morgan fingerprint density at radius 2 is 2.13 bits per heavy atom. The fourth-order valence-corrected chi connectivity index (χ4v) is 3.41. The maximum Gasteiger partial charge on any atom is 0.330 e. The van der Waals surface area contributed by atoms with Crippen LogP contribution in [0.25, 0.3) is 0 Å². The van der Waals surface area contributed by atoms with Crippen LogP contribution in [-0.4, -0.2) is 11.6 Å². The molecule has 0 aromatic heterocycles. The molecule has 84 valence electrons. The van der Waals surface area contributed by atoms with Crippen molar-refractivity contribution < 1.29 is 9.53 Å². The van der Waals surface area contributed by atoms with Crippen molar-refractivity contribution in [3.8, 4) is 0 Å². The maximum atomic E-state index is 11.3. The standard InChI is InChI=1S/C13H20O2/c1-3-12(14)15-13(2)9-8-10-6-4-5-7-11(10)13/h3,10-11H,1,4-9H2,2H3. The highest BCUT2D eigenvalue weighted by molar-refractivity contribution is 5.81. The van der Waals surface area contributed by atoms with Crippen molar-refractivity contribution in [2.75, 3.05) is 0 Å². The topological polar surface area (TPSA) is 26.3 Å². The Morgan fingerprint density at radius 3 is 2.87 bits per heavy atom. The summed E-state index contributed by atoms with van der Waals surface area (Å²) < 4.78 is 5.56. The number of hydrogen-bond acceptors (Lipinski definition) is 2. The van der Waals surface area contributed by atoms with Gasteiger partial charge in [0.1, 0.15) is 5.60 Å². The lowest BCUT2D eigenvalue weighted by molar-refractivity contribution is -0.157. The van der Waals surface area contributed by atoms with Gasteiger partial charge in [-0.3, -0.25) is 0 Å². The Kier molecular flexibility index (Phi) is 2.85. The summed E-state index contributed by atoms with van der Waals surface area (Å²) in [5.74, 6) is 1.13. The SMILES string of the molecule is C=CC(=O)OC1(C)CCC2CCCCC21. The summed E-state index contributed by atoms with van der Waals surface area (Å²) >= 11 is 0. The molecule has 0 N–H and O–H groups in total. The Bertz CT molecular complexity index is 272. The molecule has 2 rings (SSSR count). The van der Waals surface area contributed by atoms with Crippen LogP contribution in [-0.2, 0) is 9.53 Å². The summed E-state index contributed by atoms with van der Waals surface area (Å²) in [6.07, 6.45) is 8.74. The van der Waals surface area contributed by atoms with Crippen LogP contribution in [0, 0.1) is 11.8 Å². The molecule has 0 radical (unpaired) electrons. The van der Waals surface area contributed by atoms with Crippen molar-refractivity contribution in [3.05, 3.63) is 12.7 Å². The van der Waals surface area contributed by atoms with Gasteiger partial charge >= 0.3 is 5.97 Å². The van der Waals surface area contributed by atoms with Gasteiger partial charge in [-0.1, -0.05) is 25.8 Å². The highest BCUT2D eigenvalue weighted by atomic mass is 16.6. The number of hydrogen-bond donors (Lipinski definition) is 0. The Balaban J connectivity index is 2.07. The molecule has 2 saturated carbocycles. The molecule has 0 aliphatic heterocycles. The minimum Gasteiger partial charge on any atom is -0.456 e. The normalized spacial score (nSPS) is 39.5. The fourth-order valence-electron chi connectivity index (χ4n) is 3.41. The van der Waals surface area contributed by atoms with E-state index in [0.717, 1.165) is 12.3 Å². The molecule has 0 bridgehead atoms. The monoisotopic (exact) mass is 208 g/mol. The zero-order chi connectivity index (χ0) is 10.9. The summed E-state index contributed by atoms with van der Waals surface area (Å²) in [4.78, 5) is 11.3. The van der Waals surface area contributed by atoms with Crippen LogP contribution < -0.4 is 0 Å². The van der Waals surface area contributed by atoms with E-state index in [1.165, 1.54) is 38.2 Å². The molecule has 0 heterocycles. The average molecular weight is 208 g/mol. The molecule has 0 saturated heterocycles. The van der Waals surface area contributed by atoms with Crippen LogP contribution in [0.3, 0.4) is 0 Å². The zero-order valence-corrected chi connectivity index (χ0v) is 9.50. The van der Waals surface area contributed by atoms with Gasteiger partial charge in [0, 0.05) is 12.0 Å². The quantitative estimate of drug-likeness (QED) is 0.515. The van der Waals surface area contributed by atoms with Crippen molar-refractivity contribution in [2.45, 2.75) is 51.0 Å². The molecular weight excluding hydrogens is 188 g/mol. The molecule has 2 nitrogen and oxygen atoms in total. The van der Waals surface area contributed by atoms with Crippen LogP contribution in [0.1, 0.15) is 45.4 Å². The molecular formula is C13H20O2. The Morgan fingerprint density at radius 1 is 1.40 bits per heavy atom. The molecule has 0 amide bonds. The van der Waals surface area contributed by atoms with E-state index in [1.807, 2.05) is 0 Å². The molecule has 2 fully saturated rings. The van der Waals surface area contributed by atoms with Crippen molar-refractivity contribution in [1.29, 1.82) is 0 Å². The molecule has 3 unspecified atom stereocenters. The van der Waals surface area contributed by atoms with E-state index in [4.69, 9.17) is 4.74 Å². The summed E-state index contributed by atoms with van der Waals surface area (Å²) in [5.41, 5.74) is -0.212. The van der Waals surface area contributed by atoms with Crippen LogP contribution in [0.5, 0.6) is 0 Å². The van der Waals surface area contributed by atoms with E-state index in [9.17, 15) is 4.79 Å². The van der Waals surface area contributed by atoms with Crippen LogP contribution >= 0.6 is 0 Å². The minimum atomic E-state index is -0.260. The second kappa shape index (κ2) is 3.99. The van der Waals surface area contributed by atoms with Gasteiger partial charge in [-0.05, 0) is 32.1 Å². The van der Waals surface area contributed by atoms with Gasteiger partial charge in [-0.2, -0.15) is 0 Å². The fraction of sp³-hybridized carbons (Fsp3) is 0.769. The van der Waals surface area contributed by atoms with E-state index >= 15 is 0 Å². The molecule has 0 aromatic rings. The van der Waals surface area contributed by atoms with Crippen molar-refractivity contribution in [3.63, 3.8) is 0 Å². The number of ether oxygens (including phenoxy) is 1. The third-order valence-corrected chi connectivity index (χ3v) is 4.21. The predicted octanol–water partition coefficient (Wildman–Crippen LogP) is 3.07. The minimum absolute atomic E-state index is 0.212. The molecule has 0 aromatic carbocycles. The number of fused-ring (bicyclic) bond motifs is 1. The van der Waals surface area contributed by atoms with Crippen LogP contribution in [0.2, 0.25) is 0 Å². The smallest absolute Gasteiger partial charge is 0.330 e. The van der Waals surface area contributed by atoms with E-state index in [1.54, 1.807) is 0 Å². The molecule has 2 aliphatic carbocycles. The summed E-state index contributed by atoms with van der Waals surface area (Å²) in [6, 6.07) is 0. The van der Waals surface area contributed by atoms with E-state index in [2.05, 4.69) is 13.5 Å². The lowest BCUT2D eigenvalue weighted by atomic mass is 9.76. The number of carbonyl (C=O) groups excluding carboxylic acids is 1. The van der Waals surface area contributed by atoms with Crippen molar-refractivity contribution in [2.24, 2.45) is 11.8 Å². The summed E-state index contributed by atoms with van der Waals surface area (Å²) in [7, 11) is 0. The maximum absolute atomic E-state index is 11.3. The van der Waals surface area contributed by atoms with Gasteiger partial charge in [0.25, 0.3) is 0 Å². The number of rotatable bonds is 2. The van der Waals surface area contributed by atoms with Crippen molar-refractivity contribution in [1.82, 2.24) is 0 Å². The molecule has 2 aliphatic rings. The first-order chi connectivity index (χ1) is 7.15. The zero-order valence-electron chi connectivity index (χ0n) is 9.50. The second-order valence-electron chi connectivity index (χ2n) is 5.13. The largest absolute Gasteiger partial charge is 0.456 e. The van der Waals surface area contributed by atoms with Gasteiger partial charge in [-0.25, -0.2) is 4.79 Å². The van der Waals surface area contributed by atoms with E-state index in [-0.39, 0.29) is 11.6 Å². The first-order valence-electron chi connectivity index (χ1n) is 6.01. The first kappa shape index (κ1) is 10.7. The number of carbonyl (C=O) groups is 1. The lowest BCUT2D eigenvalue weighted by Gasteiger charge is -2.36. The lowest BCUT2D eigenvalue weighted by Crippen LogP contribution is -2.38. The molecule has 15 heavy (non-hydrogen) atoms. The second-order valence-corrected chi connectivity index (χ2v) is 5.13. The summed E-state index contributed by atoms with van der Waals surface area (Å²) in [5, 5.41) is 0. The predicted molar refractivity (Wildman–Crippen MR) is 59.4 cm³/mol. The first-order valence-corrected chi connectivity index (χ1v) is 6.01. The van der Waals surface area contributed by atoms with Gasteiger partial charge in [-0.15, -0.1) is 0 Å². The van der Waals surface area contributed by atoms with Gasteiger partial charge in [0.05, 0.1) is 0 Å². The van der Waals surface area contributed by atoms with Crippen LogP contribution in [0.4, 0.5) is 0 Å². The van der Waals surface area contributed by atoms with Gasteiger partial charge < -0.3 is 4.74 Å². The van der Waals surface area contributed by atoms with Gasteiger partial charge in [0.2, 0.25) is 0 Å². The third kappa shape index (κ3) is 1.95.